The summed E-state index contributed by atoms with van der Waals surface area (Å²) >= 11 is 0. The van der Waals surface area contributed by atoms with E-state index in [-0.39, 0.29) is 19.1 Å². The van der Waals surface area contributed by atoms with E-state index in [1.165, 1.54) is 0 Å². The maximum absolute atomic E-state index is 11.3. The van der Waals surface area contributed by atoms with Crippen LogP contribution in [0.5, 0.6) is 0 Å². The predicted molar refractivity (Wildman–Crippen MR) is 71.3 cm³/mol. The molecule has 0 aliphatic heterocycles. The molecule has 0 radical (unpaired) electrons. The van der Waals surface area contributed by atoms with Gasteiger partial charge in [-0.15, -0.1) is 0 Å². The van der Waals surface area contributed by atoms with Crippen molar-refractivity contribution in [2.24, 2.45) is 5.73 Å². The lowest BCUT2D eigenvalue weighted by Gasteiger charge is -2.07. The first kappa shape index (κ1) is 15.0. The van der Waals surface area contributed by atoms with E-state index in [4.69, 9.17) is 10.5 Å². The van der Waals surface area contributed by atoms with Gasteiger partial charge in [0, 0.05) is 13.1 Å². The first-order valence-corrected chi connectivity index (χ1v) is 6.13. The van der Waals surface area contributed by atoms with Crippen LogP contribution in [0.25, 0.3) is 0 Å². The number of nitrogens with one attached hydrogen (secondary N) is 2. The van der Waals surface area contributed by atoms with E-state index in [9.17, 15) is 9.59 Å². The maximum Gasteiger partial charge on any atom is 0.407 e. The monoisotopic (exact) mass is 265 g/mol. The van der Waals surface area contributed by atoms with Gasteiger partial charge < -0.3 is 21.1 Å². The van der Waals surface area contributed by atoms with Crippen molar-refractivity contribution in [3.05, 3.63) is 35.9 Å². The minimum absolute atomic E-state index is 0.0213. The Morgan fingerprint density at radius 2 is 1.79 bits per heavy atom. The van der Waals surface area contributed by atoms with Crippen LogP contribution in [0.15, 0.2) is 30.3 Å². The third-order valence-corrected chi connectivity index (χ3v) is 2.34. The average molecular weight is 265 g/mol. The molecule has 6 nitrogen and oxygen atoms in total. The molecule has 0 bridgehead atoms. The minimum atomic E-state index is -0.464. The van der Waals surface area contributed by atoms with Crippen LogP contribution in [0.2, 0.25) is 0 Å². The lowest BCUT2D eigenvalue weighted by atomic mass is 10.2. The Morgan fingerprint density at radius 3 is 2.47 bits per heavy atom. The molecule has 1 aromatic carbocycles. The molecule has 2 amide bonds. The van der Waals surface area contributed by atoms with Gasteiger partial charge in [0.25, 0.3) is 0 Å². The van der Waals surface area contributed by atoms with Crippen molar-refractivity contribution in [2.45, 2.75) is 13.0 Å². The molecule has 0 atom stereocenters. The molecule has 4 N–H and O–H groups in total. The summed E-state index contributed by atoms with van der Waals surface area (Å²) in [4.78, 5) is 22.1. The molecular weight excluding hydrogens is 246 g/mol. The third kappa shape index (κ3) is 7.05. The van der Waals surface area contributed by atoms with E-state index in [1.54, 1.807) is 0 Å². The molecule has 0 saturated carbocycles. The van der Waals surface area contributed by atoms with Crippen molar-refractivity contribution in [3.8, 4) is 0 Å². The van der Waals surface area contributed by atoms with Crippen LogP contribution >= 0.6 is 0 Å². The van der Waals surface area contributed by atoms with Crippen LogP contribution in [0.3, 0.4) is 0 Å². The highest BCUT2D eigenvalue weighted by Crippen LogP contribution is 2.00. The molecule has 0 unspecified atom stereocenters. The number of amides is 2. The minimum Gasteiger partial charge on any atom is -0.445 e. The number of hydrogen-bond acceptors (Lipinski definition) is 4. The Morgan fingerprint density at radius 1 is 1.11 bits per heavy atom. The molecule has 0 spiro atoms. The van der Waals surface area contributed by atoms with Crippen molar-refractivity contribution in [1.29, 1.82) is 0 Å². The van der Waals surface area contributed by atoms with Crippen LogP contribution in [-0.4, -0.2) is 31.6 Å². The van der Waals surface area contributed by atoms with Gasteiger partial charge in [-0.2, -0.15) is 0 Å². The number of hydrogen-bond donors (Lipinski definition) is 3. The Balaban J connectivity index is 2.04. The Kier molecular flexibility index (Phi) is 7.04. The summed E-state index contributed by atoms with van der Waals surface area (Å²) in [5.41, 5.74) is 6.07. The zero-order valence-electron chi connectivity index (χ0n) is 10.7. The zero-order valence-corrected chi connectivity index (χ0v) is 10.7. The fourth-order valence-electron chi connectivity index (χ4n) is 1.35. The number of nitrogens with two attached hydrogens (primary N) is 1. The topological polar surface area (TPSA) is 93.5 Å². The molecule has 0 aliphatic rings. The molecule has 6 heteroatoms. The quantitative estimate of drug-likeness (QED) is 0.621. The summed E-state index contributed by atoms with van der Waals surface area (Å²) in [7, 11) is 0. The van der Waals surface area contributed by atoms with Crippen LogP contribution < -0.4 is 16.4 Å². The van der Waals surface area contributed by atoms with Crippen molar-refractivity contribution in [2.75, 3.05) is 19.6 Å². The van der Waals surface area contributed by atoms with E-state index >= 15 is 0 Å². The number of carbonyl (C=O) groups is 2. The van der Waals surface area contributed by atoms with E-state index in [2.05, 4.69) is 10.6 Å². The van der Waals surface area contributed by atoms with E-state index in [1.807, 2.05) is 30.3 Å². The van der Waals surface area contributed by atoms with Gasteiger partial charge in [0.2, 0.25) is 5.91 Å². The van der Waals surface area contributed by atoms with Crippen molar-refractivity contribution in [3.63, 3.8) is 0 Å². The summed E-state index contributed by atoms with van der Waals surface area (Å²) in [6.07, 6.45) is 0.167. The molecule has 0 aromatic heterocycles. The van der Waals surface area contributed by atoms with Crippen LogP contribution in [0.4, 0.5) is 4.79 Å². The van der Waals surface area contributed by atoms with Crippen LogP contribution in [0, 0.1) is 0 Å². The Hall–Kier alpha value is -2.08. The normalized spacial score (nSPS) is 9.74. The standard InChI is InChI=1S/C13H19N3O3/c14-9-12(17)15-7-4-8-16-13(18)19-10-11-5-2-1-3-6-11/h1-3,5-6H,4,7-10,14H2,(H,15,17)(H,16,18). The molecule has 0 heterocycles. The first-order chi connectivity index (χ1) is 9.22. The van der Waals surface area contributed by atoms with Gasteiger partial charge in [0.1, 0.15) is 6.61 Å². The number of rotatable bonds is 7. The summed E-state index contributed by atoms with van der Waals surface area (Å²) in [6, 6.07) is 9.44. The van der Waals surface area contributed by atoms with Crippen LogP contribution in [0.1, 0.15) is 12.0 Å². The molecule has 0 fully saturated rings. The number of carbonyl (C=O) groups excluding carboxylic acids is 2. The first-order valence-electron chi connectivity index (χ1n) is 6.13. The van der Waals surface area contributed by atoms with Crippen molar-refractivity contribution >= 4 is 12.0 Å². The van der Waals surface area contributed by atoms with Gasteiger partial charge in [0.15, 0.2) is 0 Å². The van der Waals surface area contributed by atoms with Crippen molar-refractivity contribution < 1.29 is 14.3 Å². The molecular formula is C13H19N3O3. The van der Waals surface area contributed by atoms with E-state index in [0.717, 1.165) is 5.56 Å². The number of ether oxygens (including phenoxy) is 1. The molecule has 0 saturated heterocycles. The summed E-state index contributed by atoms with van der Waals surface area (Å²) in [6.45, 7) is 1.15. The maximum atomic E-state index is 11.3. The van der Waals surface area contributed by atoms with Gasteiger partial charge in [-0.25, -0.2) is 4.79 Å². The smallest absolute Gasteiger partial charge is 0.407 e. The van der Waals surface area contributed by atoms with E-state index in [0.29, 0.717) is 19.5 Å². The lowest BCUT2D eigenvalue weighted by Crippen LogP contribution is -2.33. The fraction of sp³-hybridized carbons (Fsp3) is 0.385. The SMILES string of the molecule is NCC(=O)NCCCNC(=O)OCc1ccccc1. The zero-order chi connectivity index (χ0) is 13.9. The van der Waals surface area contributed by atoms with Crippen LogP contribution in [-0.2, 0) is 16.1 Å². The average Bonchev–Trinajstić information content (AvgIpc) is 2.45. The highest BCUT2D eigenvalue weighted by molar-refractivity contribution is 5.77. The molecule has 1 rings (SSSR count). The van der Waals surface area contributed by atoms with Gasteiger partial charge in [-0.3, -0.25) is 4.79 Å². The molecule has 19 heavy (non-hydrogen) atoms. The second-order valence-electron chi connectivity index (χ2n) is 3.90. The largest absolute Gasteiger partial charge is 0.445 e. The molecule has 0 aliphatic carbocycles. The highest BCUT2D eigenvalue weighted by Gasteiger charge is 2.01. The Bertz CT molecular complexity index is 395. The number of benzene rings is 1. The Labute approximate surface area is 112 Å². The molecule has 1 aromatic rings. The van der Waals surface area contributed by atoms with Gasteiger partial charge >= 0.3 is 6.09 Å². The third-order valence-electron chi connectivity index (χ3n) is 2.34. The number of alkyl carbamates (subject to hydrolysis) is 1. The summed E-state index contributed by atoms with van der Waals surface area (Å²) in [5.74, 6) is -0.202. The second-order valence-corrected chi connectivity index (χ2v) is 3.90. The van der Waals surface area contributed by atoms with Gasteiger partial charge in [0.05, 0.1) is 6.54 Å². The predicted octanol–water partition coefficient (Wildman–Crippen LogP) is 0.378. The molecule has 104 valence electrons. The summed E-state index contributed by atoms with van der Waals surface area (Å²) < 4.78 is 5.02. The lowest BCUT2D eigenvalue weighted by molar-refractivity contribution is -0.119. The van der Waals surface area contributed by atoms with Gasteiger partial charge in [-0.05, 0) is 12.0 Å². The van der Waals surface area contributed by atoms with Crippen molar-refractivity contribution in [1.82, 2.24) is 10.6 Å². The highest BCUT2D eigenvalue weighted by atomic mass is 16.5. The second kappa shape index (κ2) is 8.93. The summed E-state index contributed by atoms with van der Waals surface area (Å²) in [5, 5.41) is 5.21. The van der Waals surface area contributed by atoms with Gasteiger partial charge in [-0.1, -0.05) is 30.3 Å². The fourth-order valence-corrected chi connectivity index (χ4v) is 1.35. The van der Waals surface area contributed by atoms with E-state index < -0.39 is 6.09 Å².